The molecular weight excluding hydrogens is 236 g/mol. The quantitative estimate of drug-likeness (QED) is 0.843. The van der Waals surface area contributed by atoms with E-state index in [4.69, 9.17) is 0 Å². The Morgan fingerprint density at radius 2 is 2.00 bits per heavy atom. The van der Waals surface area contributed by atoms with Gasteiger partial charge in [-0.1, -0.05) is 30.3 Å². The molecule has 94 valence electrons. The first-order valence-corrected chi connectivity index (χ1v) is 5.80. The summed E-state index contributed by atoms with van der Waals surface area (Å²) in [5.74, 6) is 0.700. The van der Waals surface area contributed by atoms with Gasteiger partial charge in [-0.25, -0.2) is 0 Å². The Hall–Kier alpha value is -1.06. The molecule has 0 bridgehead atoms. The maximum Gasteiger partial charge on any atom is 0.234 e. The van der Waals surface area contributed by atoms with Crippen molar-refractivity contribution in [3.05, 3.63) is 35.9 Å². The molecule has 1 aromatic carbocycles. The molecule has 1 aliphatic rings. The molecule has 17 heavy (non-hydrogen) atoms. The molecule has 1 atom stereocenters. The minimum Gasteiger partial charge on any atom is -0.348 e. The molecule has 0 radical (unpaired) electrons. The summed E-state index contributed by atoms with van der Waals surface area (Å²) in [4.78, 5) is 11.6. The summed E-state index contributed by atoms with van der Waals surface area (Å²) >= 11 is 0. The molecule has 1 fully saturated rings. The summed E-state index contributed by atoms with van der Waals surface area (Å²) in [5.41, 5.74) is 1.22. The van der Waals surface area contributed by atoms with Crippen LogP contribution in [0.2, 0.25) is 0 Å². The van der Waals surface area contributed by atoms with Crippen molar-refractivity contribution in [2.75, 3.05) is 13.6 Å². The third-order valence-electron chi connectivity index (χ3n) is 2.91. The second kappa shape index (κ2) is 6.62. The molecule has 1 aromatic rings. The number of hydrogen-bond donors (Lipinski definition) is 2. The maximum absolute atomic E-state index is 11.6. The van der Waals surface area contributed by atoms with E-state index in [1.165, 1.54) is 18.4 Å². The molecule has 0 aliphatic heterocycles. The van der Waals surface area contributed by atoms with Crippen molar-refractivity contribution >= 4 is 18.3 Å². The highest BCUT2D eigenvalue weighted by Gasteiger charge is 2.32. The average Bonchev–Trinajstić information content (AvgIpc) is 3.11. The van der Waals surface area contributed by atoms with Crippen molar-refractivity contribution in [1.82, 2.24) is 10.6 Å². The van der Waals surface area contributed by atoms with E-state index in [1.807, 2.05) is 18.2 Å². The van der Waals surface area contributed by atoms with Crippen LogP contribution in [0, 0.1) is 5.92 Å². The van der Waals surface area contributed by atoms with Crippen LogP contribution in [-0.2, 0) is 4.79 Å². The Balaban J connectivity index is 0.00000144. The molecule has 0 aromatic heterocycles. The van der Waals surface area contributed by atoms with Crippen LogP contribution in [0.3, 0.4) is 0 Å². The van der Waals surface area contributed by atoms with Crippen LogP contribution < -0.4 is 10.6 Å². The van der Waals surface area contributed by atoms with Gasteiger partial charge in [-0.05, 0) is 31.4 Å². The fourth-order valence-corrected chi connectivity index (χ4v) is 1.95. The lowest BCUT2D eigenvalue weighted by Gasteiger charge is -2.18. The molecule has 0 spiro atoms. The number of halogens is 1. The normalized spacial score (nSPS) is 15.8. The van der Waals surface area contributed by atoms with Crippen LogP contribution >= 0.6 is 12.4 Å². The summed E-state index contributed by atoms with van der Waals surface area (Å²) in [5, 5.41) is 5.97. The number of carbonyl (C=O) groups is 1. The van der Waals surface area contributed by atoms with Crippen molar-refractivity contribution in [1.29, 1.82) is 0 Å². The van der Waals surface area contributed by atoms with Gasteiger partial charge in [-0.2, -0.15) is 0 Å². The van der Waals surface area contributed by atoms with Crippen LogP contribution in [0.1, 0.15) is 24.4 Å². The summed E-state index contributed by atoms with van der Waals surface area (Å²) < 4.78 is 0. The first kappa shape index (κ1) is 14.0. The third-order valence-corrected chi connectivity index (χ3v) is 2.91. The Morgan fingerprint density at radius 1 is 1.35 bits per heavy atom. The van der Waals surface area contributed by atoms with Gasteiger partial charge in [0.15, 0.2) is 0 Å². The molecule has 1 aliphatic carbocycles. The zero-order valence-electron chi connectivity index (χ0n) is 9.98. The molecule has 0 saturated heterocycles. The zero-order valence-corrected chi connectivity index (χ0v) is 10.8. The average molecular weight is 255 g/mol. The van der Waals surface area contributed by atoms with Gasteiger partial charge < -0.3 is 10.6 Å². The molecule has 1 unspecified atom stereocenters. The predicted molar refractivity (Wildman–Crippen MR) is 71.2 cm³/mol. The number of rotatable bonds is 5. The lowest BCUT2D eigenvalue weighted by atomic mass is 10.0. The van der Waals surface area contributed by atoms with Crippen molar-refractivity contribution in [2.24, 2.45) is 5.92 Å². The molecule has 3 nitrogen and oxygen atoms in total. The van der Waals surface area contributed by atoms with Gasteiger partial charge in [0.1, 0.15) is 0 Å². The third kappa shape index (κ3) is 4.02. The van der Waals surface area contributed by atoms with E-state index in [2.05, 4.69) is 22.8 Å². The fraction of sp³-hybridized carbons (Fsp3) is 0.462. The molecule has 2 rings (SSSR count). The second-order valence-electron chi connectivity index (χ2n) is 4.32. The molecular formula is C13H19ClN2O. The van der Waals surface area contributed by atoms with Crippen molar-refractivity contribution in [3.63, 3.8) is 0 Å². The van der Waals surface area contributed by atoms with Crippen LogP contribution in [0.15, 0.2) is 30.3 Å². The Bertz CT molecular complexity index is 352. The van der Waals surface area contributed by atoms with E-state index in [0.717, 1.165) is 0 Å². The van der Waals surface area contributed by atoms with Crippen molar-refractivity contribution in [3.8, 4) is 0 Å². The Morgan fingerprint density at radius 3 is 2.53 bits per heavy atom. The number of nitrogens with one attached hydrogen (secondary N) is 2. The van der Waals surface area contributed by atoms with Crippen LogP contribution in [0.25, 0.3) is 0 Å². The molecule has 1 saturated carbocycles. The monoisotopic (exact) mass is 254 g/mol. The topological polar surface area (TPSA) is 41.1 Å². The molecule has 2 N–H and O–H groups in total. The largest absolute Gasteiger partial charge is 0.348 e. The van der Waals surface area contributed by atoms with E-state index in [1.54, 1.807) is 7.05 Å². The number of likely N-dealkylation sites (N-methyl/N-ethyl adjacent to an activating group) is 1. The smallest absolute Gasteiger partial charge is 0.234 e. The SMILES string of the molecule is CNCC(=O)NC(c1ccccc1)C1CC1.Cl. The zero-order chi connectivity index (χ0) is 11.4. The number of hydrogen-bond acceptors (Lipinski definition) is 2. The van der Waals surface area contributed by atoms with E-state index >= 15 is 0 Å². The maximum atomic E-state index is 11.6. The van der Waals surface area contributed by atoms with E-state index in [9.17, 15) is 4.79 Å². The van der Waals surface area contributed by atoms with E-state index in [0.29, 0.717) is 12.5 Å². The van der Waals surface area contributed by atoms with Gasteiger partial charge in [0, 0.05) is 0 Å². The Kier molecular flexibility index (Phi) is 5.45. The lowest BCUT2D eigenvalue weighted by Crippen LogP contribution is -2.35. The van der Waals surface area contributed by atoms with Gasteiger partial charge in [-0.15, -0.1) is 12.4 Å². The molecule has 0 heterocycles. The van der Waals surface area contributed by atoms with Crippen LogP contribution in [0.4, 0.5) is 0 Å². The highest BCUT2D eigenvalue weighted by Crippen LogP contribution is 2.40. The van der Waals surface area contributed by atoms with Crippen molar-refractivity contribution < 1.29 is 4.79 Å². The Labute approximate surface area is 108 Å². The highest BCUT2D eigenvalue weighted by molar-refractivity contribution is 5.85. The predicted octanol–water partition coefficient (Wildman–Crippen LogP) is 1.90. The highest BCUT2D eigenvalue weighted by atomic mass is 35.5. The number of carbonyl (C=O) groups excluding carboxylic acids is 1. The number of amides is 1. The van der Waals surface area contributed by atoms with E-state index < -0.39 is 0 Å². The molecule has 4 heteroatoms. The van der Waals surface area contributed by atoms with Crippen LogP contribution in [-0.4, -0.2) is 19.5 Å². The summed E-state index contributed by atoms with van der Waals surface area (Å²) in [6.45, 7) is 0.385. The first-order valence-electron chi connectivity index (χ1n) is 5.80. The van der Waals surface area contributed by atoms with Gasteiger partial charge >= 0.3 is 0 Å². The van der Waals surface area contributed by atoms with Gasteiger partial charge in [0.2, 0.25) is 5.91 Å². The fourth-order valence-electron chi connectivity index (χ4n) is 1.95. The van der Waals surface area contributed by atoms with Gasteiger partial charge in [-0.3, -0.25) is 4.79 Å². The summed E-state index contributed by atoms with van der Waals surface area (Å²) in [6.07, 6.45) is 2.44. The first-order chi connectivity index (χ1) is 7.81. The lowest BCUT2D eigenvalue weighted by molar-refractivity contribution is -0.121. The van der Waals surface area contributed by atoms with Gasteiger partial charge in [0.05, 0.1) is 12.6 Å². The summed E-state index contributed by atoms with van der Waals surface area (Å²) in [7, 11) is 1.79. The minimum absolute atomic E-state index is 0. The summed E-state index contributed by atoms with van der Waals surface area (Å²) in [6, 6.07) is 10.4. The number of benzene rings is 1. The second-order valence-corrected chi connectivity index (χ2v) is 4.32. The van der Waals surface area contributed by atoms with E-state index in [-0.39, 0.29) is 24.4 Å². The molecule has 1 amide bonds. The minimum atomic E-state index is 0. The standard InChI is InChI=1S/C13H18N2O.ClH/c1-14-9-12(16)15-13(11-7-8-11)10-5-3-2-4-6-10;/h2-6,11,13-14H,7-9H2,1H3,(H,15,16);1H. The van der Waals surface area contributed by atoms with Crippen LogP contribution in [0.5, 0.6) is 0 Å². The van der Waals surface area contributed by atoms with Crippen molar-refractivity contribution in [2.45, 2.75) is 18.9 Å². The van der Waals surface area contributed by atoms with Gasteiger partial charge in [0.25, 0.3) is 0 Å².